The van der Waals surface area contributed by atoms with Gasteiger partial charge in [0.1, 0.15) is 11.6 Å². The van der Waals surface area contributed by atoms with Crippen LogP contribution < -0.4 is 10.2 Å². The number of hydrogen-bond acceptors (Lipinski definition) is 5. The number of halogens is 2. The molecule has 0 radical (unpaired) electrons. The number of benzene rings is 1. The van der Waals surface area contributed by atoms with Gasteiger partial charge in [0.05, 0.1) is 43.9 Å². The highest BCUT2D eigenvalue weighted by atomic mass is 19.1. The Morgan fingerprint density at radius 1 is 1.22 bits per heavy atom. The number of unbranched alkanes of at least 4 members (excludes halogenated alkanes) is 1. The van der Waals surface area contributed by atoms with Crippen molar-refractivity contribution in [3.05, 3.63) is 70.0 Å². The number of pyridine rings is 1. The fraction of sp³-hybridized carbons (Fsp3) is 0.423. The molecule has 2 aliphatic rings. The average Bonchev–Trinajstić information content (AvgIpc) is 3.30. The minimum absolute atomic E-state index is 0.00849. The summed E-state index contributed by atoms with van der Waals surface area (Å²) in [6, 6.07) is 3.39. The van der Waals surface area contributed by atoms with Crippen molar-refractivity contribution in [2.24, 2.45) is 0 Å². The molecule has 1 saturated heterocycles. The molecule has 8 nitrogen and oxygen atoms in total. The van der Waals surface area contributed by atoms with Gasteiger partial charge in [-0.05, 0) is 25.8 Å². The van der Waals surface area contributed by atoms with Crippen LogP contribution in [0.2, 0.25) is 0 Å². The summed E-state index contributed by atoms with van der Waals surface area (Å²) < 4.78 is 42.5. The first-order valence-electron chi connectivity index (χ1n) is 12.2. The zero-order valence-electron chi connectivity index (χ0n) is 20.2. The average molecular weight is 499 g/mol. The predicted octanol–water partition coefficient (Wildman–Crippen LogP) is 3.81. The minimum Gasteiger partial charge on any atom is -0.487 e. The highest BCUT2D eigenvalue weighted by Gasteiger charge is 2.41. The van der Waals surface area contributed by atoms with E-state index in [1.165, 1.54) is 18.5 Å². The molecule has 3 aromatic rings. The van der Waals surface area contributed by atoms with Crippen LogP contribution in [-0.4, -0.2) is 50.4 Å². The molecule has 0 N–H and O–H groups in total. The Labute approximate surface area is 207 Å². The highest BCUT2D eigenvalue weighted by Crippen LogP contribution is 2.31. The maximum Gasteiger partial charge on any atom is 0.276 e. The Kier molecular flexibility index (Phi) is 6.61. The van der Waals surface area contributed by atoms with E-state index >= 15 is 0 Å². The summed E-state index contributed by atoms with van der Waals surface area (Å²) in [5.41, 5.74) is 0.731. The third kappa shape index (κ3) is 4.41. The van der Waals surface area contributed by atoms with Crippen molar-refractivity contribution < 1.29 is 23.0 Å². The molecule has 0 aliphatic carbocycles. The van der Waals surface area contributed by atoms with Gasteiger partial charge in [0.25, 0.3) is 5.91 Å². The molecule has 0 spiro atoms. The quantitative estimate of drug-likeness (QED) is 0.463. The van der Waals surface area contributed by atoms with Crippen LogP contribution >= 0.6 is 0 Å². The molecule has 1 aromatic carbocycles. The molecular weight excluding hydrogens is 470 g/mol. The van der Waals surface area contributed by atoms with E-state index in [1.54, 1.807) is 26.4 Å². The Morgan fingerprint density at radius 3 is 2.83 bits per heavy atom. The number of aromatic nitrogens is 3. The van der Waals surface area contributed by atoms with Crippen LogP contribution in [0.3, 0.4) is 0 Å². The number of nitrogens with zero attached hydrogens (tertiary/aromatic N) is 4. The lowest BCUT2D eigenvalue weighted by Gasteiger charge is -2.44. The number of carbonyl (C=O) groups is 1. The van der Waals surface area contributed by atoms with Gasteiger partial charge in [-0.1, -0.05) is 19.4 Å². The van der Waals surface area contributed by atoms with Crippen molar-refractivity contribution in [1.29, 1.82) is 0 Å². The standard InChI is InChI=1S/C26H28F2N4O4/c1-3-4-8-36-25-23-26(34)32-16(2)7-9-35-22(32)14-31(23)12-19(24(25)33)21-13-30(15-29-21)11-17-5-6-18(27)10-20(17)28/h5-6,10,12-13,15-16,22H,3-4,7-9,11,14H2,1-2H3/t16-,22+/m1/s1. The summed E-state index contributed by atoms with van der Waals surface area (Å²) in [5.74, 6) is -1.58. The molecule has 0 saturated carbocycles. The van der Waals surface area contributed by atoms with Crippen LogP contribution in [0.15, 0.2) is 41.7 Å². The number of rotatable bonds is 7. The van der Waals surface area contributed by atoms with E-state index in [-0.39, 0.29) is 35.5 Å². The van der Waals surface area contributed by atoms with Gasteiger partial charge in [-0.2, -0.15) is 0 Å². The Hall–Kier alpha value is -3.53. The van der Waals surface area contributed by atoms with Crippen molar-refractivity contribution in [3.8, 4) is 17.0 Å². The van der Waals surface area contributed by atoms with E-state index in [2.05, 4.69) is 4.98 Å². The molecule has 4 heterocycles. The zero-order chi connectivity index (χ0) is 25.4. The fourth-order valence-electron chi connectivity index (χ4n) is 4.71. The summed E-state index contributed by atoms with van der Waals surface area (Å²) in [6.45, 7) is 5.34. The predicted molar refractivity (Wildman–Crippen MR) is 128 cm³/mol. The summed E-state index contributed by atoms with van der Waals surface area (Å²) in [6.07, 6.45) is 6.64. The second-order valence-electron chi connectivity index (χ2n) is 9.25. The summed E-state index contributed by atoms with van der Waals surface area (Å²) in [5, 5.41) is 0. The smallest absolute Gasteiger partial charge is 0.276 e. The van der Waals surface area contributed by atoms with Gasteiger partial charge < -0.3 is 23.5 Å². The molecule has 1 amide bonds. The summed E-state index contributed by atoms with van der Waals surface area (Å²) >= 11 is 0. The lowest BCUT2D eigenvalue weighted by atomic mass is 10.1. The number of fused-ring (bicyclic) bond motifs is 2. The van der Waals surface area contributed by atoms with Crippen LogP contribution in [0.4, 0.5) is 8.78 Å². The molecule has 36 heavy (non-hydrogen) atoms. The Balaban J connectivity index is 1.54. The Bertz CT molecular complexity index is 1350. The molecule has 190 valence electrons. The molecule has 2 aliphatic heterocycles. The van der Waals surface area contributed by atoms with Crippen molar-refractivity contribution in [1.82, 2.24) is 19.0 Å². The minimum atomic E-state index is -0.657. The monoisotopic (exact) mass is 498 g/mol. The first-order chi connectivity index (χ1) is 17.4. The van der Waals surface area contributed by atoms with Crippen LogP contribution in [0, 0.1) is 11.6 Å². The molecule has 10 heteroatoms. The molecule has 5 rings (SSSR count). The SMILES string of the molecule is CCCCOc1c2n(cc(-c3cn(Cc4ccc(F)cc4F)cn3)c1=O)C[C@@H]1OCC[C@@H](C)N1C2=O. The maximum atomic E-state index is 14.1. The van der Waals surface area contributed by atoms with Gasteiger partial charge >= 0.3 is 0 Å². The summed E-state index contributed by atoms with van der Waals surface area (Å²) in [7, 11) is 0. The van der Waals surface area contributed by atoms with E-state index in [4.69, 9.17) is 9.47 Å². The molecule has 2 atom stereocenters. The van der Waals surface area contributed by atoms with Crippen molar-refractivity contribution in [2.75, 3.05) is 13.2 Å². The molecule has 0 bridgehead atoms. The normalized spacial score (nSPS) is 19.2. The highest BCUT2D eigenvalue weighted by molar-refractivity contribution is 5.97. The molecule has 2 aromatic heterocycles. The van der Waals surface area contributed by atoms with Gasteiger partial charge in [-0.15, -0.1) is 0 Å². The van der Waals surface area contributed by atoms with E-state index in [0.717, 1.165) is 25.3 Å². The Morgan fingerprint density at radius 2 is 2.06 bits per heavy atom. The summed E-state index contributed by atoms with van der Waals surface area (Å²) in [4.78, 5) is 33.1. The van der Waals surface area contributed by atoms with Gasteiger partial charge in [0.15, 0.2) is 17.7 Å². The molecule has 1 fully saturated rings. The second kappa shape index (κ2) is 9.85. The van der Waals surface area contributed by atoms with E-state index in [9.17, 15) is 18.4 Å². The molecule has 0 unspecified atom stereocenters. The first-order valence-corrected chi connectivity index (χ1v) is 12.2. The third-order valence-corrected chi connectivity index (χ3v) is 6.68. The second-order valence-corrected chi connectivity index (χ2v) is 9.25. The van der Waals surface area contributed by atoms with Gasteiger partial charge in [0, 0.05) is 30.1 Å². The molecular formula is C26H28F2N4O4. The number of amides is 1. The van der Waals surface area contributed by atoms with E-state index in [1.807, 2.05) is 13.8 Å². The van der Waals surface area contributed by atoms with Crippen LogP contribution in [0.5, 0.6) is 5.75 Å². The van der Waals surface area contributed by atoms with Crippen molar-refractivity contribution in [2.45, 2.75) is 58.5 Å². The first kappa shape index (κ1) is 24.2. The van der Waals surface area contributed by atoms with Crippen LogP contribution in [0.25, 0.3) is 11.3 Å². The van der Waals surface area contributed by atoms with E-state index < -0.39 is 23.3 Å². The van der Waals surface area contributed by atoms with Crippen LogP contribution in [0.1, 0.15) is 49.2 Å². The number of imidazole rings is 1. The zero-order valence-corrected chi connectivity index (χ0v) is 20.2. The van der Waals surface area contributed by atoms with Gasteiger partial charge in [-0.3, -0.25) is 9.59 Å². The van der Waals surface area contributed by atoms with Gasteiger partial charge in [-0.25, -0.2) is 13.8 Å². The lowest BCUT2D eigenvalue weighted by Crippen LogP contribution is -2.57. The van der Waals surface area contributed by atoms with Crippen LogP contribution in [-0.2, 0) is 17.8 Å². The van der Waals surface area contributed by atoms with E-state index in [0.29, 0.717) is 31.0 Å². The fourth-order valence-corrected chi connectivity index (χ4v) is 4.71. The topological polar surface area (TPSA) is 78.6 Å². The third-order valence-electron chi connectivity index (χ3n) is 6.68. The van der Waals surface area contributed by atoms with Gasteiger partial charge in [0.2, 0.25) is 5.43 Å². The largest absolute Gasteiger partial charge is 0.487 e. The number of ether oxygens (including phenoxy) is 2. The maximum absolute atomic E-state index is 14.1. The lowest BCUT2D eigenvalue weighted by molar-refractivity contribution is -0.112. The van der Waals surface area contributed by atoms with Crippen molar-refractivity contribution in [3.63, 3.8) is 0 Å². The number of hydrogen-bond donors (Lipinski definition) is 0. The number of carbonyl (C=O) groups excluding carboxylic acids is 1. The van der Waals surface area contributed by atoms with Crippen molar-refractivity contribution >= 4 is 5.91 Å².